The van der Waals surface area contributed by atoms with Crippen molar-refractivity contribution in [3.05, 3.63) is 34.4 Å². The summed E-state index contributed by atoms with van der Waals surface area (Å²) in [5.74, 6) is 0.532. The molecule has 0 amide bonds. The number of hydrogen-bond acceptors (Lipinski definition) is 4. The van der Waals surface area contributed by atoms with Crippen LogP contribution in [0, 0.1) is 16.0 Å². The molecule has 1 aromatic rings. The quantitative estimate of drug-likeness (QED) is 0.655. The summed E-state index contributed by atoms with van der Waals surface area (Å²) in [6.07, 6.45) is 4.71. The number of rotatable bonds is 3. The summed E-state index contributed by atoms with van der Waals surface area (Å²) in [6, 6.07) is 6.31. The molecule has 1 aliphatic rings. The largest absolute Gasteiger partial charge is 0.279 e. The normalized spacial score (nSPS) is 21.8. The third kappa shape index (κ3) is 3.06. The van der Waals surface area contributed by atoms with Crippen molar-refractivity contribution in [2.45, 2.75) is 32.6 Å². The molecule has 0 saturated heterocycles. The Morgan fingerprint density at radius 1 is 1.33 bits per heavy atom. The monoisotopic (exact) mass is 247 g/mol. The van der Waals surface area contributed by atoms with Crippen LogP contribution >= 0.6 is 0 Å². The molecule has 96 valence electrons. The van der Waals surface area contributed by atoms with Crippen molar-refractivity contribution < 1.29 is 4.92 Å². The second-order valence-electron chi connectivity index (χ2n) is 4.67. The Kier molecular flexibility index (Phi) is 3.92. The maximum Gasteiger partial charge on any atom is 0.269 e. The molecule has 1 aromatic carbocycles. The van der Waals surface area contributed by atoms with E-state index < -0.39 is 4.92 Å². The fourth-order valence-electron chi connectivity index (χ4n) is 2.13. The van der Waals surface area contributed by atoms with Gasteiger partial charge in [-0.2, -0.15) is 5.10 Å². The van der Waals surface area contributed by atoms with Gasteiger partial charge in [0.05, 0.1) is 10.6 Å². The van der Waals surface area contributed by atoms with Crippen LogP contribution in [0.1, 0.15) is 32.6 Å². The van der Waals surface area contributed by atoms with E-state index in [4.69, 9.17) is 0 Å². The Hall–Kier alpha value is -1.91. The first-order valence-corrected chi connectivity index (χ1v) is 6.24. The third-order valence-electron chi connectivity index (χ3n) is 3.30. The van der Waals surface area contributed by atoms with E-state index >= 15 is 0 Å². The number of nitrogens with one attached hydrogen (secondary N) is 1. The van der Waals surface area contributed by atoms with E-state index in [1.807, 2.05) is 0 Å². The molecule has 0 bridgehead atoms. The van der Waals surface area contributed by atoms with E-state index in [9.17, 15) is 10.1 Å². The van der Waals surface area contributed by atoms with E-state index in [2.05, 4.69) is 17.5 Å². The van der Waals surface area contributed by atoms with Gasteiger partial charge in [0.25, 0.3) is 5.69 Å². The van der Waals surface area contributed by atoms with E-state index in [0.717, 1.165) is 12.1 Å². The van der Waals surface area contributed by atoms with Gasteiger partial charge in [-0.1, -0.05) is 13.3 Å². The van der Waals surface area contributed by atoms with Crippen molar-refractivity contribution >= 4 is 17.1 Å². The van der Waals surface area contributed by atoms with Gasteiger partial charge >= 0.3 is 0 Å². The van der Waals surface area contributed by atoms with Gasteiger partial charge in [0, 0.05) is 17.8 Å². The smallest absolute Gasteiger partial charge is 0.269 e. The van der Waals surface area contributed by atoms with E-state index in [1.165, 1.54) is 37.1 Å². The number of benzene rings is 1. The molecule has 1 fully saturated rings. The Bertz CT molecular complexity index is 454. The summed E-state index contributed by atoms with van der Waals surface area (Å²) in [6.45, 7) is 2.19. The highest BCUT2D eigenvalue weighted by Gasteiger charge is 2.15. The lowest BCUT2D eigenvalue weighted by Crippen LogP contribution is -2.17. The standard InChI is InChI=1S/C13H17N3O2/c1-10-4-2-3-5-13(10)15-14-11-6-8-12(9-7-11)16(17)18/h6-10,14H,2-5H2,1H3. The van der Waals surface area contributed by atoms with Gasteiger partial charge in [-0.05, 0) is 37.3 Å². The van der Waals surface area contributed by atoms with Gasteiger partial charge in [-0.3, -0.25) is 15.5 Å². The molecule has 1 saturated carbocycles. The number of hydrazone groups is 1. The van der Waals surface area contributed by atoms with Gasteiger partial charge in [0.2, 0.25) is 0 Å². The fourth-order valence-corrected chi connectivity index (χ4v) is 2.13. The number of non-ortho nitro benzene ring substituents is 1. The Balaban J connectivity index is 2.01. The highest BCUT2D eigenvalue weighted by Crippen LogP contribution is 2.22. The van der Waals surface area contributed by atoms with Crippen molar-refractivity contribution in [3.8, 4) is 0 Å². The highest BCUT2D eigenvalue weighted by molar-refractivity contribution is 5.87. The van der Waals surface area contributed by atoms with Crippen LogP contribution in [0.15, 0.2) is 29.4 Å². The minimum atomic E-state index is -0.404. The predicted molar refractivity (Wildman–Crippen MR) is 71.8 cm³/mol. The third-order valence-corrected chi connectivity index (χ3v) is 3.30. The average molecular weight is 247 g/mol. The van der Waals surface area contributed by atoms with Crippen LogP contribution in [0.3, 0.4) is 0 Å². The zero-order valence-electron chi connectivity index (χ0n) is 10.4. The molecule has 0 aromatic heterocycles. The lowest BCUT2D eigenvalue weighted by Gasteiger charge is -2.20. The summed E-state index contributed by atoms with van der Waals surface area (Å²) < 4.78 is 0. The Morgan fingerprint density at radius 2 is 2.06 bits per heavy atom. The molecule has 0 aliphatic heterocycles. The number of hydrogen-bond donors (Lipinski definition) is 1. The van der Waals surface area contributed by atoms with Crippen LogP contribution < -0.4 is 5.43 Å². The molecule has 1 N–H and O–H groups in total. The number of nitrogens with zero attached hydrogens (tertiary/aromatic N) is 2. The number of nitro benzene ring substituents is 1. The van der Waals surface area contributed by atoms with Gasteiger partial charge in [0.15, 0.2) is 0 Å². The molecule has 5 heteroatoms. The van der Waals surface area contributed by atoms with Crippen LogP contribution in [-0.4, -0.2) is 10.6 Å². The van der Waals surface area contributed by atoms with Crippen molar-refractivity contribution in [2.75, 3.05) is 5.43 Å². The molecular formula is C13H17N3O2. The molecule has 1 aliphatic carbocycles. The van der Waals surface area contributed by atoms with Crippen LogP contribution in [0.2, 0.25) is 0 Å². The summed E-state index contributed by atoms with van der Waals surface area (Å²) in [4.78, 5) is 10.1. The van der Waals surface area contributed by atoms with Crippen LogP contribution in [0.4, 0.5) is 11.4 Å². The van der Waals surface area contributed by atoms with Crippen LogP contribution in [0.5, 0.6) is 0 Å². The van der Waals surface area contributed by atoms with Crippen molar-refractivity contribution in [2.24, 2.45) is 11.0 Å². The average Bonchev–Trinajstić information content (AvgIpc) is 2.38. The number of anilines is 1. The summed E-state index contributed by atoms with van der Waals surface area (Å²) in [5, 5.41) is 14.9. The minimum absolute atomic E-state index is 0.0965. The van der Waals surface area contributed by atoms with E-state index in [-0.39, 0.29) is 5.69 Å². The molecule has 2 rings (SSSR count). The molecule has 18 heavy (non-hydrogen) atoms. The summed E-state index contributed by atoms with van der Waals surface area (Å²) >= 11 is 0. The first kappa shape index (κ1) is 12.5. The molecule has 0 spiro atoms. The molecule has 1 atom stereocenters. The van der Waals surface area contributed by atoms with Gasteiger partial charge in [-0.15, -0.1) is 0 Å². The summed E-state index contributed by atoms with van der Waals surface area (Å²) in [7, 11) is 0. The zero-order valence-corrected chi connectivity index (χ0v) is 10.4. The Morgan fingerprint density at radius 3 is 2.67 bits per heavy atom. The molecule has 0 heterocycles. The van der Waals surface area contributed by atoms with Crippen molar-refractivity contribution in [1.82, 2.24) is 0 Å². The maximum atomic E-state index is 10.5. The lowest BCUT2D eigenvalue weighted by atomic mass is 9.89. The predicted octanol–water partition coefficient (Wildman–Crippen LogP) is 3.57. The minimum Gasteiger partial charge on any atom is -0.279 e. The second kappa shape index (κ2) is 5.62. The first-order chi connectivity index (χ1) is 8.66. The van der Waals surface area contributed by atoms with E-state index in [0.29, 0.717) is 5.92 Å². The SMILES string of the molecule is CC1CCCCC1=NNc1ccc([N+](=O)[O-])cc1. The molecule has 0 radical (unpaired) electrons. The van der Waals surface area contributed by atoms with Gasteiger partial charge < -0.3 is 0 Å². The van der Waals surface area contributed by atoms with Crippen molar-refractivity contribution in [3.63, 3.8) is 0 Å². The van der Waals surface area contributed by atoms with E-state index in [1.54, 1.807) is 12.1 Å². The summed E-state index contributed by atoms with van der Waals surface area (Å²) in [5.41, 5.74) is 5.05. The van der Waals surface area contributed by atoms with Gasteiger partial charge in [0.1, 0.15) is 0 Å². The molecular weight excluding hydrogens is 230 g/mol. The molecule has 5 nitrogen and oxygen atoms in total. The van der Waals surface area contributed by atoms with Crippen LogP contribution in [0.25, 0.3) is 0 Å². The zero-order chi connectivity index (χ0) is 13.0. The van der Waals surface area contributed by atoms with Crippen molar-refractivity contribution in [1.29, 1.82) is 0 Å². The fraction of sp³-hybridized carbons (Fsp3) is 0.462. The second-order valence-corrected chi connectivity index (χ2v) is 4.67. The lowest BCUT2D eigenvalue weighted by molar-refractivity contribution is -0.384. The highest BCUT2D eigenvalue weighted by atomic mass is 16.6. The van der Waals surface area contributed by atoms with Crippen LogP contribution in [-0.2, 0) is 0 Å². The maximum absolute atomic E-state index is 10.5. The first-order valence-electron chi connectivity index (χ1n) is 6.24. The number of nitro groups is 1. The molecule has 1 unspecified atom stereocenters. The van der Waals surface area contributed by atoms with Gasteiger partial charge in [-0.25, -0.2) is 0 Å². The Labute approximate surface area is 106 Å². The topological polar surface area (TPSA) is 67.5 Å².